The highest BCUT2D eigenvalue weighted by molar-refractivity contribution is 6.09. The Morgan fingerprint density at radius 3 is 2.10 bits per heavy atom. The Morgan fingerprint density at radius 1 is 0.714 bits per heavy atom. The van der Waals surface area contributed by atoms with Crippen LogP contribution in [0.4, 0.5) is 5.69 Å². The van der Waals surface area contributed by atoms with Crippen molar-refractivity contribution >= 4 is 29.7 Å². The van der Waals surface area contributed by atoms with Crippen LogP contribution in [0.1, 0.15) is 42.2 Å². The van der Waals surface area contributed by atoms with Gasteiger partial charge in [0.05, 0.1) is 44.4 Å². The van der Waals surface area contributed by atoms with Crippen LogP contribution in [0.3, 0.4) is 0 Å². The standard InChI is InChI=1S/C32H29N3O7/c1-20-10-9-12-21(16-20)32(38)42-26-15-8-5-11-22(26)19-33-35-31(37)24-13-6-7-14-25(24)34-30(36)23-17-27(39-2)29(41-4)28(18-23)40-3/h5-19H,1-4H3,(H,34,36)(H,35,37)/b33-19-. The average molecular weight is 568 g/mol. The highest BCUT2D eigenvalue weighted by Crippen LogP contribution is 2.38. The van der Waals surface area contributed by atoms with E-state index in [0.717, 1.165) is 5.56 Å². The molecule has 2 N–H and O–H groups in total. The minimum absolute atomic E-state index is 0.176. The summed E-state index contributed by atoms with van der Waals surface area (Å²) >= 11 is 0. The van der Waals surface area contributed by atoms with Crippen molar-refractivity contribution in [3.05, 3.63) is 113 Å². The van der Waals surface area contributed by atoms with E-state index in [0.29, 0.717) is 28.4 Å². The second-order valence-electron chi connectivity index (χ2n) is 8.91. The van der Waals surface area contributed by atoms with Crippen molar-refractivity contribution in [1.82, 2.24) is 5.43 Å². The molecule has 42 heavy (non-hydrogen) atoms. The molecule has 10 nitrogen and oxygen atoms in total. The van der Waals surface area contributed by atoms with Gasteiger partial charge in [0.1, 0.15) is 5.75 Å². The molecule has 4 aromatic rings. The van der Waals surface area contributed by atoms with E-state index in [9.17, 15) is 14.4 Å². The average Bonchev–Trinajstić information content (AvgIpc) is 3.01. The summed E-state index contributed by atoms with van der Waals surface area (Å²) in [4.78, 5) is 38.8. The van der Waals surface area contributed by atoms with Gasteiger partial charge < -0.3 is 24.3 Å². The second-order valence-corrected chi connectivity index (χ2v) is 8.91. The number of hydrogen-bond acceptors (Lipinski definition) is 8. The van der Waals surface area contributed by atoms with Crippen LogP contribution in [0.5, 0.6) is 23.0 Å². The summed E-state index contributed by atoms with van der Waals surface area (Å²) in [7, 11) is 4.37. The number of benzene rings is 4. The van der Waals surface area contributed by atoms with Gasteiger partial charge in [0, 0.05) is 11.1 Å². The Labute approximate surface area is 242 Å². The number of carbonyl (C=O) groups is 3. The Kier molecular flexibility index (Phi) is 9.52. The van der Waals surface area contributed by atoms with E-state index in [1.165, 1.54) is 39.7 Å². The summed E-state index contributed by atoms with van der Waals surface area (Å²) in [5.74, 6) is -0.330. The minimum Gasteiger partial charge on any atom is -0.493 e. The second kappa shape index (κ2) is 13.6. The molecule has 4 aromatic carbocycles. The lowest BCUT2D eigenvalue weighted by atomic mass is 10.1. The van der Waals surface area contributed by atoms with Crippen molar-refractivity contribution in [2.45, 2.75) is 6.92 Å². The predicted molar refractivity (Wildman–Crippen MR) is 158 cm³/mol. The molecule has 0 heterocycles. The zero-order valence-corrected chi connectivity index (χ0v) is 23.5. The van der Waals surface area contributed by atoms with Crippen LogP contribution < -0.4 is 29.7 Å². The van der Waals surface area contributed by atoms with Crippen molar-refractivity contribution in [2.75, 3.05) is 26.6 Å². The quantitative estimate of drug-likeness (QED) is 0.116. The van der Waals surface area contributed by atoms with E-state index in [-0.39, 0.29) is 22.6 Å². The molecule has 2 amide bonds. The molecule has 214 valence electrons. The van der Waals surface area contributed by atoms with Gasteiger partial charge in [-0.15, -0.1) is 0 Å². The van der Waals surface area contributed by atoms with Crippen LogP contribution >= 0.6 is 0 Å². The number of ether oxygens (including phenoxy) is 4. The number of nitrogens with one attached hydrogen (secondary N) is 2. The highest BCUT2D eigenvalue weighted by atomic mass is 16.5. The molecule has 0 spiro atoms. The number of hydrazone groups is 1. The maximum Gasteiger partial charge on any atom is 0.343 e. The lowest BCUT2D eigenvalue weighted by Crippen LogP contribution is -2.21. The zero-order valence-electron chi connectivity index (χ0n) is 23.5. The van der Waals surface area contributed by atoms with Gasteiger partial charge in [-0.1, -0.05) is 42.0 Å². The van der Waals surface area contributed by atoms with Gasteiger partial charge >= 0.3 is 5.97 Å². The zero-order chi connectivity index (χ0) is 30.1. The highest BCUT2D eigenvalue weighted by Gasteiger charge is 2.19. The van der Waals surface area contributed by atoms with Gasteiger partial charge in [0.2, 0.25) is 5.75 Å². The number of amides is 2. The maximum absolute atomic E-state index is 13.1. The number of rotatable bonds is 10. The van der Waals surface area contributed by atoms with E-state index in [1.807, 2.05) is 13.0 Å². The van der Waals surface area contributed by atoms with Gasteiger partial charge in [-0.25, -0.2) is 10.2 Å². The van der Waals surface area contributed by atoms with E-state index in [4.69, 9.17) is 18.9 Å². The van der Waals surface area contributed by atoms with E-state index in [2.05, 4.69) is 15.8 Å². The molecule has 0 bridgehead atoms. The molecule has 0 radical (unpaired) electrons. The first kappa shape index (κ1) is 29.3. The molecule has 0 aliphatic heterocycles. The molecule has 0 saturated carbocycles. The summed E-state index contributed by atoms with van der Waals surface area (Å²) < 4.78 is 21.5. The third kappa shape index (κ3) is 6.92. The number of aryl methyl sites for hydroxylation is 1. The fourth-order valence-corrected chi connectivity index (χ4v) is 4.03. The van der Waals surface area contributed by atoms with E-state index >= 15 is 0 Å². The van der Waals surface area contributed by atoms with Gasteiger partial charge in [-0.05, 0) is 55.5 Å². The number of anilines is 1. The maximum atomic E-state index is 13.1. The first-order valence-corrected chi connectivity index (χ1v) is 12.8. The molecule has 0 aromatic heterocycles. The number of hydrogen-bond donors (Lipinski definition) is 2. The van der Waals surface area contributed by atoms with Crippen LogP contribution in [-0.2, 0) is 0 Å². The molecule has 0 aliphatic rings. The number of methoxy groups -OCH3 is 3. The fourth-order valence-electron chi connectivity index (χ4n) is 4.03. The van der Waals surface area contributed by atoms with Crippen molar-refractivity contribution in [1.29, 1.82) is 0 Å². The molecule has 0 saturated heterocycles. The molecule has 0 fully saturated rings. The minimum atomic E-state index is -0.568. The first-order valence-electron chi connectivity index (χ1n) is 12.8. The Hall–Kier alpha value is -5.64. The monoisotopic (exact) mass is 567 g/mol. The Morgan fingerprint density at radius 2 is 1.40 bits per heavy atom. The molecular formula is C32H29N3O7. The van der Waals surface area contributed by atoms with Gasteiger partial charge in [-0.2, -0.15) is 5.10 Å². The van der Waals surface area contributed by atoms with Crippen molar-refractivity contribution < 1.29 is 33.3 Å². The molecule has 0 aliphatic carbocycles. The summed E-state index contributed by atoms with van der Waals surface area (Å²) in [6, 6.07) is 23.4. The number of nitrogens with zero attached hydrogens (tertiary/aromatic N) is 1. The topological polar surface area (TPSA) is 125 Å². The summed E-state index contributed by atoms with van der Waals surface area (Å²) in [6.45, 7) is 1.89. The lowest BCUT2D eigenvalue weighted by molar-refractivity contribution is 0.0733. The molecule has 0 atom stereocenters. The van der Waals surface area contributed by atoms with Gasteiger partial charge in [-0.3, -0.25) is 9.59 Å². The Balaban J connectivity index is 1.48. The largest absolute Gasteiger partial charge is 0.493 e. The molecule has 10 heteroatoms. The Bertz CT molecular complexity index is 1620. The molecule has 4 rings (SSSR count). The van der Waals surface area contributed by atoms with E-state index < -0.39 is 17.8 Å². The summed E-state index contributed by atoms with van der Waals surface area (Å²) in [6.07, 6.45) is 1.37. The summed E-state index contributed by atoms with van der Waals surface area (Å²) in [5, 5.41) is 6.79. The fraction of sp³-hybridized carbons (Fsp3) is 0.125. The predicted octanol–water partition coefficient (Wildman–Crippen LogP) is 5.26. The smallest absolute Gasteiger partial charge is 0.343 e. The van der Waals surface area contributed by atoms with Crippen molar-refractivity contribution in [2.24, 2.45) is 5.10 Å². The number of esters is 1. The van der Waals surface area contributed by atoms with Crippen LogP contribution in [-0.4, -0.2) is 45.3 Å². The summed E-state index contributed by atoms with van der Waals surface area (Å²) in [5.41, 5.74) is 4.95. The van der Waals surface area contributed by atoms with Crippen molar-refractivity contribution in [3.63, 3.8) is 0 Å². The van der Waals surface area contributed by atoms with Crippen LogP contribution in [0.25, 0.3) is 0 Å². The van der Waals surface area contributed by atoms with Gasteiger partial charge in [0.15, 0.2) is 11.5 Å². The molecular weight excluding hydrogens is 538 g/mol. The number of para-hydroxylation sites is 2. The normalized spacial score (nSPS) is 10.6. The first-order chi connectivity index (χ1) is 20.3. The molecule has 0 unspecified atom stereocenters. The number of carbonyl (C=O) groups excluding carboxylic acids is 3. The van der Waals surface area contributed by atoms with Crippen molar-refractivity contribution in [3.8, 4) is 23.0 Å². The SMILES string of the molecule is COc1cc(C(=O)Nc2ccccc2C(=O)N/N=C\c2ccccc2OC(=O)c2cccc(C)c2)cc(OC)c1OC. The van der Waals surface area contributed by atoms with Crippen LogP contribution in [0.15, 0.2) is 90.0 Å². The van der Waals surface area contributed by atoms with Crippen LogP contribution in [0, 0.1) is 6.92 Å². The van der Waals surface area contributed by atoms with Crippen LogP contribution in [0.2, 0.25) is 0 Å². The lowest BCUT2D eigenvalue weighted by Gasteiger charge is -2.15. The van der Waals surface area contributed by atoms with Gasteiger partial charge in [0.25, 0.3) is 11.8 Å². The third-order valence-electron chi connectivity index (χ3n) is 6.09. The van der Waals surface area contributed by atoms with E-state index in [1.54, 1.807) is 66.7 Å². The third-order valence-corrected chi connectivity index (χ3v) is 6.09.